The Hall–Kier alpha value is -3.80. The molecule has 3 rings (SSSR count). The molecule has 0 aromatic heterocycles. The second-order valence-corrected chi connectivity index (χ2v) is 16.7. The van der Waals surface area contributed by atoms with Crippen LogP contribution in [0.1, 0.15) is 129 Å². The Kier molecular flexibility index (Phi) is 12.9. The number of anilines is 2. The number of hydrogen-bond donors (Lipinski definition) is 4. The van der Waals surface area contributed by atoms with Crippen LogP contribution in [-0.4, -0.2) is 29.5 Å². The summed E-state index contributed by atoms with van der Waals surface area (Å²) in [6, 6.07) is 15.8. The Balaban J connectivity index is 0.000000353. The molecule has 0 aliphatic rings. The molecule has 0 saturated carbocycles. The minimum Gasteiger partial charge on any atom is -0.507 e. The molecule has 258 valence electrons. The predicted molar refractivity (Wildman–Crippen MR) is 198 cm³/mol. The number of rotatable bonds is 8. The molecule has 0 spiro atoms. The van der Waals surface area contributed by atoms with E-state index < -0.39 is 0 Å². The van der Waals surface area contributed by atoms with Gasteiger partial charge in [-0.1, -0.05) is 107 Å². The maximum Gasteiger partial charge on any atom is 0.224 e. The second-order valence-electron chi connectivity index (χ2n) is 16.7. The molecule has 0 atom stereocenters. The van der Waals surface area contributed by atoms with Crippen molar-refractivity contribution in [1.29, 1.82) is 0 Å². The van der Waals surface area contributed by atoms with Gasteiger partial charge in [0.1, 0.15) is 17.8 Å². The van der Waals surface area contributed by atoms with Gasteiger partial charge in [-0.2, -0.15) is 0 Å². The molecule has 0 radical (unpaired) electrons. The highest BCUT2D eigenvalue weighted by atomic mass is 16.3. The zero-order chi connectivity index (χ0) is 36.0. The van der Waals surface area contributed by atoms with Gasteiger partial charge in [-0.05, 0) is 92.1 Å². The highest BCUT2D eigenvalue weighted by Crippen LogP contribution is 2.41. The van der Waals surface area contributed by atoms with Gasteiger partial charge < -0.3 is 25.6 Å². The minimum atomic E-state index is -0.169. The van der Waals surface area contributed by atoms with E-state index >= 15 is 0 Å². The minimum absolute atomic E-state index is 0.0140. The van der Waals surface area contributed by atoms with Crippen LogP contribution in [0.4, 0.5) is 11.4 Å². The topological polar surface area (TPSA) is 98.7 Å². The first-order valence-electron chi connectivity index (χ1n) is 16.7. The Morgan fingerprint density at radius 2 is 0.957 bits per heavy atom. The fourth-order valence-corrected chi connectivity index (χ4v) is 5.39. The van der Waals surface area contributed by atoms with Gasteiger partial charge in [0.2, 0.25) is 5.91 Å². The first kappa shape index (κ1) is 39.4. The van der Waals surface area contributed by atoms with E-state index in [9.17, 15) is 19.8 Å². The van der Waals surface area contributed by atoms with Gasteiger partial charge in [-0.15, -0.1) is 0 Å². The average molecular weight is 645 g/mol. The van der Waals surface area contributed by atoms with Crippen LogP contribution in [-0.2, 0) is 44.1 Å². The van der Waals surface area contributed by atoms with E-state index in [-0.39, 0.29) is 27.6 Å². The van der Waals surface area contributed by atoms with E-state index in [1.165, 1.54) is 0 Å². The number of nitrogens with one attached hydrogen (secondary N) is 2. The van der Waals surface area contributed by atoms with Crippen molar-refractivity contribution in [2.24, 2.45) is 0 Å². The van der Waals surface area contributed by atoms with Crippen molar-refractivity contribution in [3.05, 3.63) is 81.9 Å². The zero-order valence-electron chi connectivity index (χ0n) is 31.2. The normalized spacial score (nSPS) is 12.2. The van der Waals surface area contributed by atoms with Crippen molar-refractivity contribution in [1.82, 2.24) is 0 Å². The third kappa shape index (κ3) is 11.4. The molecule has 0 fully saturated rings. The first-order chi connectivity index (χ1) is 21.5. The number of phenolic OH excluding ortho intramolecular Hbond substituents is 2. The smallest absolute Gasteiger partial charge is 0.224 e. The van der Waals surface area contributed by atoms with Gasteiger partial charge in [0.15, 0.2) is 0 Å². The Labute approximate surface area is 284 Å². The molecule has 0 saturated heterocycles. The van der Waals surface area contributed by atoms with Crippen LogP contribution < -0.4 is 10.6 Å². The molecule has 4 N–H and O–H groups in total. The molecule has 0 heterocycles. The summed E-state index contributed by atoms with van der Waals surface area (Å²) in [6.45, 7) is 25.2. The summed E-state index contributed by atoms with van der Waals surface area (Å²) in [4.78, 5) is 23.0. The lowest BCUT2D eigenvalue weighted by Crippen LogP contribution is -2.18. The largest absolute Gasteiger partial charge is 0.507 e. The van der Waals surface area contributed by atoms with E-state index in [1.807, 2.05) is 55.6 Å². The maximum absolute atomic E-state index is 12.4. The van der Waals surface area contributed by atoms with Crippen molar-refractivity contribution in [3.8, 4) is 11.5 Å². The highest BCUT2D eigenvalue weighted by Gasteiger charge is 2.27. The zero-order valence-corrected chi connectivity index (χ0v) is 31.2. The third-order valence-electron chi connectivity index (χ3n) is 8.22. The summed E-state index contributed by atoms with van der Waals surface area (Å²) in [5.74, 6) is 0.757. The molecule has 3 aromatic carbocycles. The van der Waals surface area contributed by atoms with Gasteiger partial charge in [-0.25, -0.2) is 0 Å². The van der Waals surface area contributed by atoms with Crippen LogP contribution >= 0.6 is 0 Å². The SMILES string of the molecule is CC(C)(C)c1cc(CCC=O)cc(C(C)(C)C)c1O.CNc1ccc(NC(=O)CCc2cc(C(C)(C)C)c(O)c(C(C)(C)C)c2)cc1. The highest BCUT2D eigenvalue weighted by molar-refractivity contribution is 5.91. The summed E-state index contributed by atoms with van der Waals surface area (Å²) in [6.07, 6.45) is 3.23. The van der Waals surface area contributed by atoms with Gasteiger partial charge in [0, 0.05) is 31.3 Å². The van der Waals surface area contributed by atoms with E-state index in [1.54, 1.807) is 0 Å². The molecule has 6 nitrogen and oxygen atoms in total. The van der Waals surface area contributed by atoms with E-state index in [0.29, 0.717) is 30.8 Å². The lowest BCUT2D eigenvalue weighted by molar-refractivity contribution is -0.116. The van der Waals surface area contributed by atoms with Gasteiger partial charge in [-0.3, -0.25) is 4.79 Å². The van der Waals surface area contributed by atoms with Crippen LogP contribution in [0.2, 0.25) is 0 Å². The van der Waals surface area contributed by atoms with Crippen molar-refractivity contribution in [2.75, 3.05) is 17.7 Å². The summed E-state index contributed by atoms with van der Waals surface area (Å²) < 4.78 is 0. The summed E-state index contributed by atoms with van der Waals surface area (Å²) >= 11 is 0. The summed E-state index contributed by atoms with van der Waals surface area (Å²) in [5, 5.41) is 27.4. The molecular formula is C41H60N2O4. The lowest BCUT2D eigenvalue weighted by atomic mass is 9.78. The summed E-state index contributed by atoms with van der Waals surface area (Å²) in [7, 11) is 1.86. The van der Waals surface area contributed by atoms with Crippen molar-refractivity contribution in [2.45, 2.75) is 130 Å². The van der Waals surface area contributed by atoms with Crippen LogP contribution in [0.25, 0.3) is 0 Å². The van der Waals surface area contributed by atoms with Crippen molar-refractivity contribution >= 4 is 23.6 Å². The number of hydrogen-bond acceptors (Lipinski definition) is 5. The van der Waals surface area contributed by atoms with Gasteiger partial charge in [0.25, 0.3) is 0 Å². The Morgan fingerprint density at radius 1 is 0.617 bits per heavy atom. The Bertz CT molecular complexity index is 1440. The average Bonchev–Trinajstić information content (AvgIpc) is 2.94. The first-order valence-corrected chi connectivity index (χ1v) is 16.7. The van der Waals surface area contributed by atoms with Gasteiger partial charge in [0.05, 0.1) is 0 Å². The third-order valence-corrected chi connectivity index (χ3v) is 8.22. The van der Waals surface area contributed by atoms with E-state index in [4.69, 9.17) is 0 Å². The molecule has 0 aliphatic heterocycles. The molecule has 0 bridgehead atoms. The summed E-state index contributed by atoms with van der Waals surface area (Å²) in [5.41, 5.74) is 7.22. The predicted octanol–water partition coefficient (Wildman–Crippen LogP) is 9.72. The van der Waals surface area contributed by atoms with Crippen molar-refractivity contribution in [3.63, 3.8) is 0 Å². The fourth-order valence-electron chi connectivity index (χ4n) is 5.39. The van der Waals surface area contributed by atoms with Gasteiger partial charge >= 0.3 is 0 Å². The monoisotopic (exact) mass is 644 g/mol. The number of amides is 1. The quantitative estimate of drug-likeness (QED) is 0.183. The van der Waals surface area contributed by atoms with Crippen LogP contribution in [0.5, 0.6) is 11.5 Å². The number of aromatic hydroxyl groups is 2. The maximum atomic E-state index is 12.4. The molecule has 47 heavy (non-hydrogen) atoms. The molecular weight excluding hydrogens is 584 g/mol. The Morgan fingerprint density at radius 3 is 1.28 bits per heavy atom. The van der Waals surface area contributed by atoms with Crippen LogP contribution in [0.3, 0.4) is 0 Å². The number of phenols is 2. The molecule has 0 aliphatic carbocycles. The molecule has 1 amide bonds. The van der Waals surface area contributed by atoms with E-state index in [0.717, 1.165) is 57.5 Å². The van der Waals surface area contributed by atoms with E-state index in [2.05, 4.69) is 93.7 Å². The molecule has 0 unspecified atom stereocenters. The number of aryl methyl sites for hydroxylation is 2. The number of benzene rings is 3. The fraction of sp³-hybridized carbons (Fsp3) is 0.512. The second kappa shape index (κ2) is 15.4. The molecule has 6 heteroatoms. The lowest BCUT2D eigenvalue weighted by Gasteiger charge is -2.28. The van der Waals surface area contributed by atoms with Crippen molar-refractivity contribution < 1.29 is 19.8 Å². The molecule has 3 aromatic rings. The number of aldehydes is 1. The number of carbonyl (C=O) groups is 2. The van der Waals surface area contributed by atoms with Crippen LogP contribution in [0, 0.1) is 0 Å². The standard InChI is InChI=1S/C24H34N2O2.C17H26O2/c1-23(2,3)19-14-16(15-20(22(19)28)24(4,5)6)8-13-21(27)26-18-11-9-17(25-7)10-12-18;1-16(2,3)13-10-12(8-7-9-18)11-14(15(13)19)17(4,5)6/h9-12,14-15,25,28H,8,13H2,1-7H3,(H,26,27);9-11,19H,7-8H2,1-6H3. The number of carbonyl (C=O) groups excluding carboxylic acids is 2. The van der Waals surface area contributed by atoms with Crippen LogP contribution in [0.15, 0.2) is 48.5 Å².